The van der Waals surface area contributed by atoms with Gasteiger partial charge in [-0.05, 0) is 23.6 Å². The molecule has 0 saturated carbocycles. The van der Waals surface area contributed by atoms with Gasteiger partial charge in [-0.2, -0.15) is 0 Å². The van der Waals surface area contributed by atoms with Gasteiger partial charge in [-0.1, -0.05) is 26.0 Å². The molecule has 98 valence electrons. The molecule has 1 aromatic rings. The number of aliphatic carboxylic acids is 1. The van der Waals surface area contributed by atoms with Gasteiger partial charge in [-0.3, -0.25) is 4.79 Å². The quantitative estimate of drug-likeness (QED) is 0.733. The third kappa shape index (κ3) is 4.08. The molecule has 0 saturated heterocycles. The van der Waals surface area contributed by atoms with Crippen molar-refractivity contribution < 1.29 is 19.8 Å². The molecule has 0 fully saturated rings. The number of carbonyl (C=O) groups is 2. The van der Waals surface area contributed by atoms with E-state index in [-0.39, 0.29) is 24.0 Å². The summed E-state index contributed by atoms with van der Waals surface area (Å²) < 4.78 is 0. The fourth-order valence-corrected chi connectivity index (χ4v) is 1.54. The minimum Gasteiger partial charge on any atom is -0.508 e. The maximum absolute atomic E-state index is 11.7. The van der Waals surface area contributed by atoms with E-state index in [2.05, 4.69) is 5.32 Å². The van der Waals surface area contributed by atoms with E-state index < -0.39 is 12.0 Å². The van der Waals surface area contributed by atoms with Crippen LogP contribution >= 0.6 is 0 Å². The first-order valence-electron chi connectivity index (χ1n) is 5.70. The van der Waals surface area contributed by atoms with Crippen molar-refractivity contribution in [1.29, 1.82) is 0 Å². The van der Waals surface area contributed by atoms with E-state index >= 15 is 0 Å². The lowest BCUT2D eigenvalue weighted by molar-refractivity contribution is -0.143. The third-order valence-corrected chi connectivity index (χ3v) is 2.55. The number of amides is 1. The second-order valence-electron chi connectivity index (χ2n) is 4.47. The Morgan fingerprint density at radius 1 is 1.22 bits per heavy atom. The number of carboxylic acid groups (broad SMARTS) is 1. The number of carboxylic acids is 1. The van der Waals surface area contributed by atoms with Gasteiger partial charge in [0.2, 0.25) is 5.91 Å². The van der Waals surface area contributed by atoms with Crippen LogP contribution in [0.3, 0.4) is 0 Å². The molecular formula is C13H17NO4. The van der Waals surface area contributed by atoms with Crippen molar-refractivity contribution in [3.63, 3.8) is 0 Å². The standard InChI is InChI=1S/C13H17NO4/c1-8(2)12(13(17)18)14-11(16)7-9-3-5-10(15)6-4-9/h3-6,8,12,15H,7H2,1-2H3,(H,14,16)(H,17,18). The van der Waals surface area contributed by atoms with Crippen LogP contribution in [-0.2, 0) is 16.0 Å². The molecular weight excluding hydrogens is 234 g/mol. The number of nitrogens with one attached hydrogen (secondary N) is 1. The Bertz CT molecular complexity index is 425. The van der Waals surface area contributed by atoms with Gasteiger partial charge < -0.3 is 15.5 Å². The predicted molar refractivity (Wildman–Crippen MR) is 66.2 cm³/mol. The summed E-state index contributed by atoms with van der Waals surface area (Å²) >= 11 is 0. The fraction of sp³-hybridized carbons (Fsp3) is 0.385. The van der Waals surface area contributed by atoms with Crippen molar-refractivity contribution in [2.45, 2.75) is 26.3 Å². The first kappa shape index (κ1) is 14.0. The van der Waals surface area contributed by atoms with Gasteiger partial charge in [0.1, 0.15) is 11.8 Å². The third-order valence-electron chi connectivity index (χ3n) is 2.55. The molecule has 0 aromatic heterocycles. The Kier molecular flexibility index (Phi) is 4.71. The maximum Gasteiger partial charge on any atom is 0.326 e. The van der Waals surface area contributed by atoms with Crippen molar-refractivity contribution in [1.82, 2.24) is 5.32 Å². The SMILES string of the molecule is CC(C)C(NC(=O)Cc1ccc(O)cc1)C(=O)O. The second-order valence-corrected chi connectivity index (χ2v) is 4.47. The molecule has 5 nitrogen and oxygen atoms in total. The number of hydrogen-bond donors (Lipinski definition) is 3. The number of aromatic hydroxyl groups is 1. The van der Waals surface area contributed by atoms with Crippen LogP contribution in [0.25, 0.3) is 0 Å². The molecule has 0 aliphatic rings. The Morgan fingerprint density at radius 2 is 1.78 bits per heavy atom. The average Bonchev–Trinajstić information content (AvgIpc) is 2.28. The summed E-state index contributed by atoms with van der Waals surface area (Å²) in [5, 5.41) is 20.5. The maximum atomic E-state index is 11.7. The van der Waals surface area contributed by atoms with Crippen LogP contribution in [0, 0.1) is 5.92 Å². The van der Waals surface area contributed by atoms with E-state index in [0.29, 0.717) is 0 Å². The van der Waals surface area contributed by atoms with Crippen molar-refractivity contribution in [3.8, 4) is 5.75 Å². The summed E-state index contributed by atoms with van der Waals surface area (Å²) in [6.45, 7) is 3.47. The highest BCUT2D eigenvalue weighted by Crippen LogP contribution is 2.10. The van der Waals surface area contributed by atoms with Crippen LogP contribution in [0.2, 0.25) is 0 Å². The highest BCUT2D eigenvalue weighted by Gasteiger charge is 2.23. The number of phenols is 1. The molecule has 0 aliphatic carbocycles. The molecule has 18 heavy (non-hydrogen) atoms. The van der Waals surface area contributed by atoms with Crippen LogP contribution in [0.4, 0.5) is 0 Å². The second kappa shape index (κ2) is 6.05. The molecule has 5 heteroatoms. The van der Waals surface area contributed by atoms with Crippen LogP contribution in [0.1, 0.15) is 19.4 Å². The van der Waals surface area contributed by atoms with E-state index in [4.69, 9.17) is 10.2 Å². The smallest absolute Gasteiger partial charge is 0.326 e. The van der Waals surface area contributed by atoms with Gasteiger partial charge in [0.05, 0.1) is 6.42 Å². The van der Waals surface area contributed by atoms with E-state index in [1.54, 1.807) is 26.0 Å². The van der Waals surface area contributed by atoms with Gasteiger partial charge in [0, 0.05) is 0 Å². The Hall–Kier alpha value is -2.04. The summed E-state index contributed by atoms with van der Waals surface area (Å²) in [6.07, 6.45) is 0.0940. The summed E-state index contributed by atoms with van der Waals surface area (Å²) in [5.41, 5.74) is 0.721. The minimum absolute atomic E-state index is 0.0940. The molecule has 0 aliphatic heterocycles. The molecule has 1 atom stereocenters. The number of rotatable bonds is 5. The zero-order valence-electron chi connectivity index (χ0n) is 10.4. The van der Waals surface area contributed by atoms with Crippen molar-refractivity contribution >= 4 is 11.9 Å². The van der Waals surface area contributed by atoms with Crippen LogP contribution in [-0.4, -0.2) is 28.1 Å². The van der Waals surface area contributed by atoms with Gasteiger partial charge in [-0.25, -0.2) is 4.79 Å². The number of carbonyl (C=O) groups excluding carboxylic acids is 1. The molecule has 1 aromatic carbocycles. The zero-order valence-corrected chi connectivity index (χ0v) is 10.4. The molecule has 1 rings (SSSR count). The Balaban J connectivity index is 2.60. The molecule has 0 spiro atoms. The van der Waals surface area contributed by atoms with Crippen molar-refractivity contribution in [3.05, 3.63) is 29.8 Å². The number of benzene rings is 1. The topological polar surface area (TPSA) is 86.6 Å². The first-order valence-corrected chi connectivity index (χ1v) is 5.70. The van der Waals surface area contributed by atoms with Crippen LogP contribution < -0.4 is 5.32 Å². The lowest BCUT2D eigenvalue weighted by atomic mass is 10.0. The van der Waals surface area contributed by atoms with Crippen LogP contribution in [0.5, 0.6) is 5.75 Å². The molecule has 0 radical (unpaired) electrons. The number of phenolic OH excluding ortho intramolecular Hbond substituents is 1. The summed E-state index contributed by atoms with van der Waals surface area (Å²) in [5.74, 6) is -1.43. The largest absolute Gasteiger partial charge is 0.508 e. The normalized spacial score (nSPS) is 12.2. The molecule has 0 bridgehead atoms. The fourth-order valence-electron chi connectivity index (χ4n) is 1.54. The van der Waals surface area contributed by atoms with E-state index in [1.165, 1.54) is 12.1 Å². The summed E-state index contributed by atoms with van der Waals surface area (Å²) in [6, 6.07) is 5.34. The molecule has 1 unspecified atom stereocenters. The number of hydrogen-bond acceptors (Lipinski definition) is 3. The average molecular weight is 251 g/mol. The molecule has 3 N–H and O–H groups in total. The van der Waals surface area contributed by atoms with Gasteiger partial charge in [0.15, 0.2) is 0 Å². The van der Waals surface area contributed by atoms with E-state index in [1.807, 2.05) is 0 Å². The minimum atomic E-state index is -1.04. The Morgan fingerprint density at radius 3 is 2.22 bits per heavy atom. The lowest BCUT2D eigenvalue weighted by Crippen LogP contribution is -2.44. The zero-order chi connectivity index (χ0) is 13.7. The van der Waals surface area contributed by atoms with Crippen LogP contribution in [0.15, 0.2) is 24.3 Å². The van der Waals surface area contributed by atoms with E-state index in [9.17, 15) is 9.59 Å². The molecule has 0 heterocycles. The summed E-state index contributed by atoms with van der Waals surface area (Å²) in [4.78, 5) is 22.6. The van der Waals surface area contributed by atoms with Crippen molar-refractivity contribution in [2.24, 2.45) is 5.92 Å². The van der Waals surface area contributed by atoms with E-state index in [0.717, 1.165) is 5.56 Å². The van der Waals surface area contributed by atoms with Gasteiger partial charge in [-0.15, -0.1) is 0 Å². The summed E-state index contributed by atoms with van der Waals surface area (Å²) in [7, 11) is 0. The lowest BCUT2D eigenvalue weighted by Gasteiger charge is -2.17. The van der Waals surface area contributed by atoms with Crippen molar-refractivity contribution in [2.75, 3.05) is 0 Å². The first-order chi connectivity index (χ1) is 8.40. The van der Waals surface area contributed by atoms with Gasteiger partial charge in [0.25, 0.3) is 0 Å². The van der Waals surface area contributed by atoms with Gasteiger partial charge >= 0.3 is 5.97 Å². The highest BCUT2D eigenvalue weighted by molar-refractivity contribution is 5.85. The Labute approximate surface area is 105 Å². The molecule has 1 amide bonds. The monoisotopic (exact) mass is 251 g/mol. The highest BCUT2D eigenvalue weighted by atomic mass is 16.4. The predicted octanol–water partition coefficient (Wildman–Crippen LogP) is 1.16.